The Morgan fingerprint density at radius 3 is 2.56 bits per heavy atom. The summed E-state index contributed by atoms with van der Waals surface area (Å²) in [5.41, 5.74) is 7.86. The summed E-state index contributed by atoms with van der Waals surface area (Å²) in [7, 11) is -3.19. The van der Waals surface area contributed by atoms with Crippen molar-refractivity contribution in [2.75, 3.05) is 12.8 Å². The molecular formula is C29H26F2N4O3S. The van der Waals surface area contributed by atoms with E-state index in [9.17, 15) is 12.8 Å². The number of allylic oxidation sites excluding steroid dienone is 3. The second kappa shape index (κ2) is 9.87. The van der Waals surface area contributed by atoms with E-state index in [1.807, 2.05) is 36.4 Å². The molecule has 0 radical (unpaired) electrons. The van der Waals surface area contributed by atoms with Gasteiger partial charge in [0.2, 0.25) is 15.9 Å². The molecule has 39 heavy (non-hydrogen) atoms. The summed E-state index contributed by atoms with van der Waals surface area (Å²) in [5, 5.41) is 4.22. The average molecular weight is 549 g/mol. The third kappa shape index (κ3) is 4.77. The molecule has 200 valence electrons. The van der Waals surface area contributed by atoms with Crippen LogP contribution in [0.4, 0.5) is 14.6 Å². The number of aryl methyl sites for hydroxylation is 1. The minimum absolute atomic E-state index is 0.192. The largest absolute Gasteiger partial charge is 0.481 e. The van der Waals surface area contributed by atoms with E-state index in [1.165, 1.54) is 19.4 Å². The first kappa shape index (κ1) is 26.5. The van der Waals surface area contributed by atoms with Crippen LogP contribution in [0.15, 0.2) is 84.8 Å². The Balaban J connectivity index is 1.66. The highest BCUT2D eigenvalue weighted by molar-refractivity contribution is 7.90. The van der Waals surface area contributed by atoms with Gasteiger partial charge in [-0.1, -0.05) is 43.3 Å². The lowest BCUT2D eigenvalue weighted by atomic mass is 9.87. The van der Waals surface area contributed by atoms with E-state index in [-0.39, 0.29) is 11.4 Å². The molecule has 0 saturated carbocycles. The number of halogens is 2. The molecule has 10 heteroatoms. The van der Waals surface area contributed by atoms with Gasteiger partial charge in [-0.2, -0.15) is 0 Å². The monoisotopic (exact) mass is 548 g/mol. The summed E-state index contributed by atoms with van der Waals surface area (Å²) < 4.78 is 60.5. The zero-order chi connectivity index (χ0) is 27.9. The number of rotatable bonds is 6. The fraction of sp³-hybridized carbons (Fsp3) is 0.172. The zero-order valence-corrected chi connectivity index (χ0v) is 22.0. The second-order valence-corrected chi connectivity index (χ2v) is 11.0. The molecule has 1 aliphatic rings. The molecule has 2 unspecified atom stereocenters. The Bertz CT molecular complexity index is 1770. The van der Waals surface area contributed by atoms with Gasteiger partial charge in [0.05, 0.1) is 18.2 Å². The van der Waals surface area contributed by atoms with Gasteiger partial charge in [0.25, 0.3) is 0 Å². The van der Waals surface area contributed by atoms with Gasteiger partial charge in [-0.05, 0) is 59.5 Å². The number of hydrogen-bond donors (Lipinski definition) is 2. The van der Waals surface area contributed by atoms with E-state index in [0.717, 1.165) is 40.6 Å². The van der Waals surface area contributed by atoms with Crippen LogP contribution in [0.1, 0.15) is 18.1 Å². The van der Waals surface area contributed by atoms with E-state index in [0.29, 0.717) is 28.5 Å². The first-order valence-electron chi connectivity index (χ1n) is 12.2. The van der Waals surface area contributed by atoms with Gasteiger partial charge in [-0.25, -0.2) is 32.3 Å². The van der Waals surface area contributed by atoms with Crippen molar-refractivity contribution in [3.05, 3.63) is 96.0 Å². The molecule has 1 aliphatic carbocycles. The number of alkyl halides is 1. The first-order valence-corrected chi connectivity index (χ1v) is 13.8. The molecule has 0 saturated heterocycles. The molecule has 0 aliphatic heterocycles. The van der Waals surface area contributed by atoms with Crippen molar-refractivity contribution in [3.63, 3.8) is 0 Å². The van der Waals surface area contributed by atoms with E-state index in [4.69, 9.17) is 15.6 Å². The Morgan fingerprint density at radius 1 is 1.08 bits per heavy atom. The quantitative estimate of drug-likeness (QED) is 0.335. The summed E-state index contributed by atoms with van der Waals surface area (Å²) in [6.45, 7) is 2.07. The van der Waals surface area contributed by atoms with Crippen LogP contribution in [0.2, 0.25) is 0 Å². The lowest BCUT2D eigenvalue weighted by molar-refractivity contribution is 0.222. The number of aromatic nitrogens is 2. The maximum absolute atomic E-state index is 16.5. The standard InChI is InChI=1S/C29H26F2N4O3S/c1-3-17-6-4-5-7-22(17)23-13-19-12-18(8-10-25(19)35-27(23)32)20-14-24(28(38-2)34-16-20)29(31)15-21(30)9-11-26(29)39(33,36)37/h4-16,26H,3H2,1-2H3,(H2,32,35)(H2,33,36,37). The third-order valence-corrected chi connectivity index (χ3v) is 8.08. The van der Waals surface area contributed by atoms with Crippen molar-refractivity contribution in [2.45, 2.75) is 24.3 Å². The number of nitrogens with zero attached hydrogens (tertiary/aromatic N) is 2. The topological polar surface area (TPSA) is 121 Å². The highest BCUT2D eigenvalue weighted by atomic mass is 32.2. The summed E-state index contributed by atoms with van der Waals surface area (Å²) in [4.78, 5) is 8.79. The number of methoxy groups -OCH3 is 1. The van der Waals surface area contributed by atoms with Crippen LogP contribution in [0.5, 0.6) is 5.88 Å². The van der Waals surface area contributed by atoms with E-state index in [1.54, 1.807) is 12.1 Å². The molecule has 2 atom stereocenters. The minimum atomic E-state index is -4.45. The zero-order valence-electron chi connectivity index (χ0n) is 21.2. The van der Waals surface area contributed by atoms with Crippen molar-refractivity contribution in [1.29, 1.82) is 0 Å². The van der Waals surface area contributed by atoms with Crippen LogP contribution in [-0.4, -0.2) is 30.7 Å². The predicted molar refractivity (Wildman–Crippen MR) is 149 cm³/mol. The summed E-state index contributed by atoms with van der Waals surface area (Å²) in [6.07, 6.45) is 4.62. The average Bonchev–Trinajstić information content (AvgIpc) is 2.91. The molecular weight excluding hydrogens is 522 g/mol. The fourth-order valence-corrected chi connectivity index (χ4v) is 5.93. The third-order valence-electron chi connectivity index (χ3n) is 6.87. The summed E-state index contributed by atoms with van der Waals surface area (Å²) in [6, 6.07) is 16.7. The molecule has 4 aromatic rings. The lowest BCUT2D eigenvalue weighted by Crippen LogP contribution is -2.43. The van der Waals surface area contributed by atoms with Gasteiger partial charge in [0, 0.05) is 22.7 Å². The molecule has 0 amide bonds. The number of hydrogen-bond acceptors (Lipinski definition) is 6. The molecule has 7 nitrogen and oxygen atoms in total. The number of anilines is 1. The highest BCUT2D eigenvalue weighted by Gasteiger charge is 2.48. The number of primary sulfonamides is 1. The van der Waals surface area contributed by atoms with Crippen molar-refractivity contribution in [3.8, 4) is 28.1 Å². The number of nitrogens with two attached hydrogens (primary N) is 2. The summed E-state index contributed by atoms with van der Waals surface area (Å²) in [5.74, 6) is -0.737. The smallest absolute Gasteiger partial charge is 0.219 e. The van der Waals surface area contributed by atoms with Crippen LogP contribution in [0.25, 0.3) is 33.2 Å². The Labute approximate surface area is 224 Å². The van der Waals surface area contributed by atoms with Gasteiger partial charge in [0.1, 0.15) is 16.9 Å². The maximum Gasteiger partial charge on any atom is 0.219 e. The Kier molecular flexibility index (Phi) is 6.69. The second-order valence-electron chi connectivity index (χ2n) is 9.29. The molecule has 0 bridgehead atoms. The van der Waals surface area contributed by atoms with E-state index < -0.39 is 26.8 Å². The maximum atomic E-state index is 16.5. The molecule has 4 N–H and O–H groups in total. The molecule has 0 fully saturated rings. The van der Waals surface area contributed by atoms with Gasteiger partial charge in [-0.15, -0.1) is 0 Å². The van der Waals surface area contributed by atoms with E-state index >= 15 is 4.39 Å². The highest BCUT2D eigenvalue weighted by Crippen LogP contribution is 2.44. The molecule has 2 heterocycles. The predicted octanol–water partition coefficient (Wildman–Crippen LogP) is 5.36. The fourth-order valence-electron chi connectivity index (χ4n) is 4.96. The first-order chi connectivity index (χ1) is 18.5. The number of nitrogen functional groups attached to an aromatic ring is 1. The van der Waals surface area contributed by atoms with Crippen LogP contribution in [0, 0.1) is 0 Å². The minimum Gasteiger partial charge on any atom is -0.481 e. The SMILES string of the molecule is CCc1ccccc1-c1cc2cc(-c3cnc(OC)c(C4(F)C=C(F)C=CC4S(N)(=O)=O)c3)ccc2nc1N. The molecule has 2 aromatic heterocycles. The van der Waals surface area contributed by atoms with Crippen molar-refractivity contribution >= 4 is 26.7 Å². The van der Waals surface area contributed by atoms with Crippen LogP contribution < -0.4 is 15.6 Å². The van der Waals surface area contributed by atoms with Crippen molar-refractivity contribution in [1.82, 2.24) is 9.97 Å². The van der Waals surface area contributed by atoms with Gasteiger partial charge in [-0.3, -0.25) is 0 Å². The Hall–Kier alpha value is -4.15. The van der Waals surface area contributed by atoms with Crippen LogP contribution in [-0.2, 0) is 22.1 Å². The van der Waals surface area contributed by atoms with Gasteiger partial charge >= 0.3 is 0 Å². The molecule has 5 rings (SSSR count). The summed E-state index contributed by atoms with van der Waals surface area (Å²) >= 11 is 0. The van der Waals surface area contributed by atoms with Crippen LogP contribution in [0.3, 0.4) is 0 Å². The normalized spacial score (nSPS) is 19.2. The number of ether oxygens (including phenoxy) is 1. The number of sulfonamides is 1. The van der Waals surface area contributed by atoms with Crippen molar-refractivity contribution in [2.24, 2.45) is 5.14 Å². The number of benzene rings is 2. The van der Waals surface area contributed by atoms with Crippen molar-refractivity contribution < 1.29 is 21.9 Å². The molecule has 2 aromatic carbocycles. The number of fused-ring (bicyclic) bond motifs is 1. The van der Waals surface area contributed by atoms with Crippen LogP contribution >= 0.6 is 0 Å². The molecule has 0 spiro atoms. The van der Waals surface area contributed by atoms with Gasteiger partial charge < -0.3 is 10.5 Å². The Morgan fingerprint density at radius 2 is 1.85 bits per heavy atom. The number of pyridine rings is 2. The lowest BCUT2D eigenvalue weighted by Gasteiger charge is -2.31. The van der Waals surface area contributed by atoms with Gasteiger partial charge in [0.15, 0.2) is 5.67 Å². The van der Waals surface area contributed by atoms with E-state index in [2.05, 4.69) is 16.9 Å².